The van der Waals surface area contributed by atoms with Crippen molar-refractivity contribution in [2.24, 2.45) is 5.92 Å². The minimum absolute atomic E-state index is 1.000. The number of thioether (sulfide) groups is 1. The highest BCUT2D eigenvalue weighted by atomic mass is 32.2. The second-order valence-corrected chi connectivity index (χ2v) is 4.40. The van der Waals surface area contributed by atoms with Gasteiger partial charge >= 0.3 is 0 Å². The predicted molar refractivity (Wildman–Crippen MR) is 46.9 cm³/mol. The van der Waals surface area contributed by atoms with E-state index in [9.17, 15) is 0 Å². The monoisotopic (exact) mass is 154 g/mol. The second-order valence-electron chi connectivity index (χ2n) is 3.27. The maximum absolute atomic E-state index is 2.28. The van der Waals surface area contributed by atoms with Crippen molar-refractivity contribution in [2.75, 3.05) is 0 Å². The lowest BCUT2D eigenvalue weighted by Gasteiger charge is -2.08. The summed E-state index contributed by atoms with van der Waals surface area (Å²) in [5.74, 6) is 1.000. The molecule has 0 fully saturated rings. The van der Waals surface area contributed by atoms with Crippen LogP contribution in [0.3, 0.4) is 0 Å². The summed E-state index contributed by atoms with van der Waals surface area (Å²) in [6.45, 7) is 2.28. The van der Waals surface area contributed by atoms with Gasteiger partial charge in [0.15, 0.2) is 0 Å². The first-order chi connectivity index (χ1) is 4.92. The summed E-state index contributed by atoms with van der Waals surface area (Å²) < 4.78 is 0. The minimum atomic E-state index is 1.000. The van der Waals surface area contributed by atoms with Crippen LogP contribution in [0.1, 0.15) is 39.0 Å². The Hall–Kier alpha value is 0.0900. The van der Waals surface area contributed by atoms with Crippen LogP contribution in [0.4, 0.5) is 0 Å². The molecule has 0 radical (unpaired) electrons. The van der Waals surface area contributed by atoms with Gasteiger partial charge in [-0.1, -0.05) is 31.5 Å². The van der Waals surface area contributed by atoms with Crippen LogP contribution in [-0.4, -0.2) is 0 Å². The Labute approximate surface area is 67.1 Å². The Morgan fingerprint density at radius 1 is 1.60 bits per heavy atom. The first-order valence-corrected chi connectivity index (χ1v) is 5.14. The summed E-state index contributed by atoms with van der Waals surface area (Å²) in [5, 5.41) is 0. The highest BCUT2D eigenvalue weighted by Gasteiger charge is 2.35. The maximum Gasteiger partial charge on any atom is 0.00243 e. The zero-order valence-corrected chi connectivity index (χ0v) is 7.34. The molecule has 0 aromatic carbocycles. The zero-order chi connectivity index (χ0) is 6.97. The lowest BCUT2D eigenvalue weighted by atomic mass is 10.0. The largest absolute Gasteiger partial charge is 0.0970 e. The molecular formula is C9H14S. The fourth-order valence-corrected chi connectivity index (χ4v) is 2.86. The van der Waals surface area contributed by atoms with E-state index in [-0.39, 0.29) is 0 Å². The molecule has 10 heavy (non-hydrogen) atoms. The molecule has 0 nitrogen and oxygen atoms in total. The molecular weight excluding hydrogens is 140 g/mol. The van der Waals surface area contributed by atoms with Gasteiger partial charge in [-0.25, -0.2) is 0 Å². The van der Waals surface area contributed by atoms with Crippen molar-refractivity contribution >= 4 is 11.8 Å². The Morgan fingerprint density at radius 3 is 3.00 bits per heavy atom. The van der Waals surface area contributed by atoms with Crippen molar-refractivity contribution in [3.8, 4) is 0 Å². The predicted octanol–water partition coefficient (Wildman–Crippen LogP) is 3.55. The number of allylic oxidation sites excluding steroid dienone is 2. The van der Waals surface area contributed by atoms with E-state index in [0.717, 1.165) is 5.92 Å². The summed E-state index contributed by atoms with van der Waals surface area (Å²) in [7, 11) is 0. The molecule has 1 heterocycles. The third kappa shape index (κ3) is 1.12. The summed E-state index contributed by atoms with van der Waals surface area (Å²) in [6.07, 6.45) is 7.14. The summed E-state index contributed by atoms with van der Waals surface area (Å²) in [4.78, 5) is 3.51. The van der Waals surface area contributed by atoms with Crippen LogP contribution in [0.2, 0.25) is 0 Å². The Bertz CT molecular complexity index is 170. The average Bonchev–Trinajstić information content (AvgIpc) is 2.63. The molecule has 0 amide bonds. The number of rotatable bonds is 3. The maximum atomic E-state index is 2.28. The molecule has 0 spiro atoms. The van der Waals surface area contributed by atoms with Crippen LogP contribution in [0.25, 0.3) is 0 Å². The van der Waals surface area contributed by atoms with Gasteiger partial charge in [0.1, 0.15) is 0 Å². The van der Waals surface area contributed by atoms with E-state index < -0.39 is 0 Å². The average molecular weight is 154 g/mol. The number of unbranched alkanes of at least 4 members (excludes halogenated alkanes) is 1. The van der Waals surface area contributed by atoms with Crippen LogP contribution in [0, 0.1) is 5.92 Å². The van der Waals surface area contributed by atoms with Crippen molar-refractivity contribution in [1.29, 1.82) is 0 Å². The van der Waals surface area contributed by atoms with Crippen LogP contribution < -0.4 is 0 Å². The Morgan fingerprint density at radius 2 is 2.50 bits per heavy atom. The van der Waals surface area contributed by atoms with Crippen molar-refractivity contribution in [1.82, 2.24) is 0 Å². The topological polar surface area (TPSA) is 0 Å². The van der Waals surface area contributed by atoms with E-state index in [1.54, 1.807) is 9.81 Å². The van der Waals surface area contributed by atoms with Crippen LogP contribution in [-0.2, 0) is 0 Å². The first-order valence-electron chi connectivity index (χ1n) is 4.32. The van der Waals surface area contributed by atoms with Gasteiger partial charge in [0.25, 0.3) is 0 Å². The standard InChI is InChI=1S/C9H14S/c1-2-3-4-7-5-6-8-9(7)10-8/h7H,2-6H2,1H3. The molecule has 2 aliphatic rings. The first kappa shape index (κ1) is 6.78. The van der Waals surface area contributed by atoms with E-state index in [0.29, 0.717) is 0 Å². The SMILES string of the molecule is CCCCC1CCC2=C1S2. The minimum Gasteiger partial charge on any atom is -0.0970 e. The van der Waals surface area contributed by atoms with Crippen molar-refractivity contribution in [2.45, 2.75) is 39.0 Å². The molecule has 0 saturated carbocycles. The van der Waals surface area contributed by atoms with Crippen molar-refractivity contribution in [3.05, 3.63) is 9.81 Å². The smallest absolute Gasteiger partial charge is 0.00243 e. The van der Waals surface area contributed by atoms with Crippen molar-refractivity contribution < 1.29 is 0 Å². The lowest BCUT2D eigenvalue weighted by Crippen LogP contribution is -1.94. The van der Waals surface area contributed by atoms with E-state index >= 15 is 0 Å². The number of hydrogen-bond acceptors (Lipinski definition) is 1. The van der Waals surface area contributed by atoms with E-state index in [2.05, 4.69) is 18.7 Å². The molecule has 0 N–H and O–H groups in total. The highest BCUT2D eigenvalue weighted by Crippen LogP contribution is 2.60. The summed E-state index contributed by atoms with van der Waals surface area (Å²) in [6, 6.07) is 0. The summed E-state index contributed by atoms with van der Waals surface area (Å²) in [5.41, 5.74) is 0. The van der Waals surface area contributed by atoms with Crippen molar-refractivity contribution in [3.63, 3.8) is 0 Å². The third-order valence-electron chi connectivity index (χ3n) is 2.46. The fourth-order valence-electron chi connectivity index (χ4n) is 1.75. The Balaban J connectivity index is 1.79. The fraction of sp³-hybridized carbons (Fsp3) is 0.778. The normalized spacial score (nSPS) is 29.1. The second kappa shape index (κ2) is 2.61. The lowest BCUT2D eigenvalue weighted by molar-refractivity contribution is 0.539. The van der Waals surface area contributed by atoms with Gasteiger partial charge in [-0.15, -0.1) is 0 Å². The van der Waals surface area contributed by atoms with Crippen LogP contribution in [0.5, 0.6) is 0 Å². The molecule has 2 rings (SSSR count). The molecule has 1 atom stereocenters. The molecule has 0 aromatic heterocycles. The van der Waals surface area contributed by atoms with Gasteiger partial charge in [0.2, 0.25) is 0 Å². The molecule has 1 unspecified atom stereocenters. The van der Waals surface area contributed by atoms with Crippen LogP contribution >= 0.6 is 11.8 Å². The zero-order valence-electron chi connectivity index (χ0n) is 6.52. The van der Waals surface area contributed by atoms with E-state index in [1.165, 1.54) is 32.1 Å². The molecule has 1 aliphatic carbocycles. The Kier molecular flexibility index (Phi) is 1.77. The quantitative estimate of drug-likeness (QED) is 0.599. The van der Waals surface area contributed by atoms with Gasteiger partial charge in [-0.05, 0) is 30.1 Å². The molecule has 1 aliphatic heterocycles. The van der Waals surface area contributed by atoms with Gasteiger partial charge < -0.3 is 0 Å². The highest BCUT2D eigenvalue weighted by molar-refractivity contribution is 8.13. The van der Waals surface area contributed by atoms with E-state index in [4.69, 9.17) is 0 Å². The molecule has 1 heteroatoms. The third-order valence-corrected chi connectivity index (χ3v) is 3.73. The van der Waals surface area contributed by atoms with Gasteiger partial charge in [-0.3, -0.25) is 0 Å². The van der Waals surface area contributed by atoms with E-state index in [1.807, 2.05) is 0 Å². The molecule has 0 aromatic rings. The van der Waals surface area contributed by atoms with Gasteiger partial charge in [0, 0.05) is 4.91 Å². The number of hydrogen-bond donors (Lipinski definition) is 0. The summed E-state index contributed by atoms with van der Waals surface area (Å²) >= 11 is 2.07. The molecule has 0 saturated heterocycles. The van der Waals surface area contributed by atoms with Gasteiger partial charge in [0.05, 0.1) is 0 Å². The van der Waals surface area contributed by atoms with Crippen LogP contribution in [0.15, 0.2) is 9.81 Å². The molecule has 56 valence electrons. The van der Waals surface area contributed by atoms with Gasteiger partial charge in [-0.2, -0.15) is 0 Å². The molecule has 0 bridgehead atoms.